The van der Waals surface area contributed by atoms with Crippen LogP contribution in [0.15, 0.2) is 41.0 Å². The van der Waals surface area contributed by atoms with E-state index in [1.807, 2.05) is 30.3 Å². The zero-order valence-electron chi connectivity index (χ0n) is 10.1. The summed E-state index contributed by atoms with van der Waals surface area (Å²) in [6, 6.07) is 9.86. The highest BCUT2D eigenvalue weighted by Crippen LogP contribution is 2.25. The van der Waals surface area contributed by atoms with Crippen molar-refractivity contribution in [1.82, 2.24) is 15.5 Å². The van der Waals surface area contributed by atoms with E-state index in [-0.39, 0.29) is 0 Å². The first-order chi connectivity index (χ1) is 8.79. The fourth-order valence-electron chi connectivity index (χ4n) is 1.58. The van der Waals surface area contributed by atoms with Crippen LogP contribution in [0, 0.1) is 0 Å². The van der Waals surface area contributed by atoms with Gasteiger partial charge in [-0.2, -0.15) is 10.2 Å². The van der Waals surface area contributed by atoms with E-state index in [9.17, 15) is 0 Å². The lowest BCUT2D eigenvalue weighted by Gasteiger charge is -2.07. The number of rotatable bonds is 5. The van der Waals surface area contributed by atoms with Gasteiger partial charge >= 0.3 is 0 Å². The smallest absolute Gasteiger partial charge is 0.133 e. The summed E-state index contributed by atoms with van der Waals surface area (Å²) in [6.45, 7) is 1.48. The fourth-order valence-corrected chi connectivity index (χ4v) is 2.17. The van der Waals surface area contributed by atoms with Gasteiger partial charge in [-0.15, -0.1) is 0 Å². The summed E-state index contributed by atoms with van der Waals surface area (Å²) >= 11 is 3.47. The van der Waals surface area contributed by atoms with Crippen LogP contribution < -0.4 is 10.1 Å². The van der Waals surface area contributed by atoms with E-state index in [1.165, 1.54) is 5.56 Å². The predicted octanol–water partition coefficient (Wildman–Crippen LogP) is 2.54. The van der Waals surface area contributed by atoms with Crippen molar-refractivity contribution in [2.45, 2.75) is 13.1 Å². The van der Waals surface area contributed by atoms with E-state index in [4.69, 9.17) is 4.74 Å². The van der Waals surface area contributed by atoms with E-state index >= 15 is 0 Å². The van der Waals surface area contributed by atoms with Crippen molar-refractivity contribution in [2.24, 2.45) is 0 Å². The van der Waals surface area contributed by atoms with Crippen molar-refractivity contribution in [1.29, 1.82) is 0 Å². The zero-order valence-corrected chi connectivity index (χ0v) is 11.6. The van der Waals surface area contributed by atoms with Gasteiger partial charge in [-0.25, -0.2) is 0 Å². The first-order valence-electron chi connectivity index (χ1n) is 5.59. The molecule has 1 heterocycles. The summed E-state index contributed by atoms with van der Waals surface area (Å²) in [7, 11) is 1.66. The summed E-state index contributed by atoms with van der Waals surface area (Å²) in [6.07, 6.45) is 1.67. The minimum atomic E-state index is 0.706. The van der Waals surface area contributed by atoms with Gasteiger partial charge in [-0.3, -0.25) is 0 Å². The molecule has 1 aromatic carbocycles. The average Bonchev–Trinajstić information content (AvgIpc) is 2.40. The highest BCUT2D eigenvalue weighted by molar-refractivity contribution is 9.10. The van der Waals surface area contributed by atoms with Crippen LogP contribution in [0.1, 0.15) is 11.3 Å². The molecule has 0 saturated heterocycles. The van der Waals surface area contributed by atoms with Crippen LogP contribution in [-0.2, 0) is 13.1 Å². The Morgan fingerprint density at radius 1 is 1.28 bits per heavy atom. The number of nitrogens with zero attached hydrogens (tertiary/aromatic N) is 2. The lowest BCUT2D eigenvalue weighted by Crippen LogP contribution is -2.13. The highest BCUT2D eigenvalue weighted by atomic mass is 79.9. The number of benzene rings is 1. The molecule has 0 atom stereocenters. The third-order valence-corrected chi connectivity index (χ3v) is 3.10. The molecule has 94 valence electrons. The summed E-state index contributed by atoms with van der Waals surface area (Å²) in [4.78, 5) is 0. The molecule has 2 rings (SSSR count). The van der Waals surface area contributed by atoms with Crippen LogP contribution in [0.3, 0.4) is 0 Å². The Labute approximate surface area is 115 Å². The number of methoxy groups -OCH3 is 1. The molecule has 1 N–H and O–H groups in total. The molecular formula is C13H14BrN3O. The van der Waals surface area contributed by atoms with Crippen molar-refractivity contribution >= 4 is 15.9 Å². The fraction of sp³-hybridized carbons (Fsp3) is 0.231. The van der Waals surface area contributed by atoms with Crippen LogP contribution in [0.25, 0.3) is 0 Å². The summed E-state index contributed by atoms with van der Waals surface area (Å²) < 4.78 is 6.15. The summed E-state index contributed by atoms with van der Waals surface area (Å²) in [5, 5.41) is 11.2. The van der Waals surface area contributed by atoms with Crippen LogP contribution in [0.4, 0.5) is 0 Å². The molecule has 0 spiro atoms. The Hall–Kier alpha value is -1.46. The molecule has 0 amide bonds. The SMILES string of the molecule is COc1ccc(CNCc2cccnn2)cc1Br. The first kappa shape index (κ1) is 13.0. The monoisotopic (exact) mass is 307 g/mol. The molecule has 0 fully saturated rings. The molecule has 0 aliphatic rings. The molecule has 4 nitrogen and oxygen atoms in total. The van der Waals surface area contributed by atoms with Gasteiger partial charge in [0.2, 0.25) is 0 Å². The highest BCUT2D eigenvalue weighted by Gasteiger charge is 2.01. The normalized spacial score (nSPS) is 10.3. The second-order valence-electron chi connectivity index (χ2n) is 3.79. The van der Waals surface area contributed by atoms with Gasteiger partial charge in [0.05, 0.1) is 17.3 Å². The maximum absolute atomic E-state index is 5.19. The molecule has 2 aromatic rings. The Morgan fingerprint density at radius 3 is 2.83 bits per heavy atom. The van der Waals surface area contributed by atoms with Crippen molar-refractivity contribution in [2.75, 3.05) is 7.11 Å². The summed E-state index contributed by atoms with van der Waals surface area (Å²) in [5.41, 5.74) is 2.12. The quantitative estimate of drug-likeness (QED) is 0.922. The van der Waals surface area contributed by atoms with Crippen molar-refractivity contribution in [3.8, 4) is 5.75 Å². The topological polar surface area (TPSA) is 47.0 Å². The third-order valence-electron chi connectivity index (χ3n) is 2.48. The average molecular weight is 308 g/mol. The largest absolute Gasteiger partial charge is 0.496 e. The van der Waals surface area contributed by atoms with Crippen LogP contribution >= 0.6 is 15.9 Å². The molecule has 5 heteroatoms. The molecule has 0 radical (unpaired) electrons. The number of halogens is 1. The van der Waals surface area contributed by atoms with E-state index < -0.39 is 0 Å². The zero-order chi connectivity index (χ0) is 12.8. The number of aromatic nitrogens is 2. The van der Waals surface area contributed by atoms with Crippen molar-refractivity contribution in [3.05, 3.63) is 52.3 Å². The maximum Gasteiger partial charge on any atom is 0.133 e. The van der Waals surface area contributed by atoms with Crippen molar-refractivity contribution in [3.63, 3.8) is 0 Å². The minimum absolute atomic E-state index is 0.706. The Morgan fingerprint density at radius 2 is 2.17 bits per heavy atom. The molecule has 1 aromatic heterocycles. The van der Waals surface area contributed by atoms with Crippen LogP contribution in [0.2, 0.25) is 0 Å². The Balaban J connectivity index is 1.89. The predicted molar refractivity (Wildman–Crippen MR) is 73.3 cm³/mol. The number of hydrogen-bond acceptors (Lipinski definition) is 4. The van der Waals surface area contributed by atoms with Gasteiger partial charge in [0.15, 0.2) is 0 Å². The molecule has 0 aliphatic heterocycles. The second-order valence-corrected chi connectivity index (χ2v) is 4.64. The van der Waals surface area contributed by atoms with Gasteiger partial charge in [0.25, 0.3) is 0 Å². The standard InChI is InChI=1S/C13H14BrN3O/c1-18-13-5-4-10(7-12(13)14)8-15-9-11-3-2-6-16-17-11/h2-7,15H,8-9H2,1H3. The Bertz CT molecular complexity index is 505. The third kappa shape index (κ3) is 3.51. The minimum Gasteiger partial charge on any atom is -0.496 e. The Kier molecular flexibility index (Phi) is 4.66. The van der Waals surface area contributed by atoms with Gasteiger partial charge in [-0.1, -0.05) is 6.07 Å². The molecular weight excluding hydrogens is 294 g/mol. The van der Waals surface area contributed by atoms with Crippen molar-refractivity contribution < 1.29 is 4.74 Å². The van der Waals surface area contributed by atoms with E-state index in [0.29, 0.717) is 6.54 Å². The van der Waals surface area contributed by atoms with E-state index in [1.54, 1.807) is 13.3 Å². The lowest BCUT2D eigenvalue weighted by atomic mass is 10.2. The van der Waals surface area contributed by atoms with Crippen LogP contribution in [-0.4, -0.2) is 17.3 Å². The maximum atomic E-state index is 5.19. The molecule has 0 aliphatic carbocycles. The molecule has 0 saturated carbocycles. The second kappa shape index (κ2) is 6.47. The van der Waals surface area contributed by atoms with E-state index in [2.05, 4.69) is 31.4 Å². The molecule has 18 heavy (non-hydrogen) atoms. The van der Waals surface area contributed by atoms with Gasteiger partial charge < -0.3 is 10.1 Å². The first-order valence-corrected chi connectivity index (χ1v) is 6.38. The number of ether oxygens (including phenoxy) is 1. The van der Waals surface area contributed by atoms with Gasteiger partial charge in [0, 0.05) is 19.3 Å². The number of hydrogen-bond donors (Lipinski definition) is 1. The molecule has 0 bridgehead atoms. The van der Waals surface area contributed by atoms with Gasteiger partial charge in [-0.05, 0) is 45.8 Å². The van der Waals surface area contributed by atoms with E-state index in [0.717, 1.165) is 22.5 Å². The van der Waals surface area contributed by atoms with Gasteiger partial charge in [0.1, 0.15) is 5.75 Å². The summed E-state index contributed by atoms with van der Waals surface area (Å²) in [5.74, 6) is 0.840. The van der Waals surface area contributed by atoms with Crippen LogP contribution in [0.5, 0.6) is 5.75 Å². The molecule has 0 unspecified atom stereocenters. The number of nitrogens with one attached hydrogen (secondary N) is 1. The lowest BCUT2D eigenvalue weighted by molar-refractivity contribution is 0.412.